The predicted molar refractivity (Wildman–Crippen MR) is 73.5 cm³/mol. The average Bonchev–Trinajstić information content (AvgIpc) is 2.38. The highest BCUT2D eigenvalue weighted by atomic mass is 16.7. The SMILES string of the molecule is OC(O)(O)CNc1nc(NCC(O)(O)O)nc(NCC(O)(O)O)n1. The van der Waals surface area contributed by atoms with Crippen LogP contribution in [-0.4, -0.2) is 98.5 Å². The minimum absolute atomic E-state index is 0.365. The molecule has 0 aliphatic heterocycles. The smallest absolute Gasteiger partial charge is 0.293 e. The Morgan fingerprint density at radius 2 is 0.708 bits per heavy atom. The van der Waals surface area contributed by atoms with E-state index in [9.17, 15) is 0 Å². The van der Waals surface area contributed by atoms with Gasteiger partial charge in [-0.1, -0.05) is 0 Å². The molecule has 0 aliphatic rings. The average molecular weight is 354 g/mol. The highest BCUT2D eigenvalue weighted by molar-refractivity contribution is 5.42. The number of hydrogen-bond donors (Lipinski definition) is 12. The van der Waals surface area contributed by atoms with E-state index in [1.54, 1.807) is 0 Å². The van der Waals surface area contributed by atoms with Gasteiger partial charge in [0.05, 0.1) is 19.6 Å². The molecule has 15 nitrogen and oxygen atoms in total. The van der Waals surface area contributed by atoms with Crippen LogP contribution in [-0.2, 0) is 0 Å². The lowest BCUT2D eigenvalue weighted by molar-refractivity contribution is -0.301. The second-order valence-electron chi connectivity index (χ2n) is 4.69. The Bertz CT molecular complexity index is 449. The van der Waals surface area contributed by atoms with Crippen molar-refractivity contribution in [3.05, 3.63) is 0 Å². The van der Waals surface area contributed by atoms with Crippen LogP contribution in [0, 0.1) is 0 Å². The molecule has 0 aliphatic carbocycles. The molecule has 0 saturated carbocycles. The number of hydrogen-bond acceptors (Lipinski definition) is 15. The van der Waals surface area contributed by atoms with Gasteiger partial charge in [0, 0.05) is 0 Å². The Labute approximate surface area is 133 Å². The normalized spacial score (nSPS) is 12.9. The molecular formula is C9H18N6O9. The van der Waals surface area contributed by atoms with Crippen LogP contribution in [0.15, 0.2) is 0 Å². The van der Waals surface area contributed by atoms with E-state index >= 15 is 0 Å². The van der Waals surface area contributed by atoms with Gasteiger partial charge in [-0.25, -0.2) is 0 Å². The van der Waals surface area contributed by atoms with Crippen molar-refractivity contribution in [1.29, 1.82) is 0 Å². The molecule has 1 rings (SSSR count). The van der Waals surface area contributed by atoms with Gasteiger partial charge in [0.2, 0.25) is 17.8 Å². The molecule has 24 heavy (non-hydrogen) atoms. The molecule has 0 radical (unpaired) electrons. The van der Waals surface area contributed by atoms with E-state index in [1.807, 2.05) is 0 Å². The van der Waals surface area contributed by atoms with Crippen LogP contribution >= 0.6 is 0 Å². The van der Waals surface area contributed by atoms with Gasteiger partial charge in [-0.2, -0.15) is 15.0 Å². The first kappa shape index (κ1) is 20.1. The standard InChI is InChI=1S/C9H18N6O9/c16-7(17,18)1-10-4-13-5(11-2-8(19,20)21)15-6(14-4)12-3-9(22,23)24/h16-24H,1-3H2,(H3,10,11,12,13,14,15). The number of rotatable bonds is 9. The first-order valence-electron chi connectivity index (χ1n) is 6.23. The summed E-state index contributed by atoms with van der Waals surface area (Å²) in [5.41, 5.74) is 0. The molecule has 0 unspecified atom stereocenters. The highest BCUT2D eigenvalue weighted by Gasteiger charge is 2.22. The van der Waals surface area contributed by atoms with Crippen molar-refractivity contribution in [1.82, 2.24) is 15.0 Å². The maximum absolute atomic E-state index is 8.79. The maximum atomic E-state index is 8.79. The number of anilines is 3. The lowest BCUT2D eigenvalue weighted by Crippen LogP contribution is -2.38. The van der Waals surface area contributed by atoms with Gasteiger partial charge >= 0.3 is 0 Å². The fourth-order valence-corrected chi connectivity index (χ4v) is 1.21. The summed E-state index contributed by atoms with van der Waals surface area (Å²) in [7, 11) is 0. The van der Waals surface area contributed by atoms with Gasteiger partial charge < -0.3 is 61.9 Å². The molecule has 0 amide bonds. The Morgan fingerprint density at radius 1 is 0.500 bits per heavy atom. The lowest BCUT2D eigenvalue weighted by Gasteiger charge is -2.18. The monoisotopic (exact) mass is 354 g/mol. The molecule has 0 saturated heterocycles. The van der Waals surface area contributed by atoms with E-state index in [1.165, 1.54) is 0 Å². The molecule has 0 bridgehead atoms. The van der Waals surface area contributed by atoms with Gasteiger partial charge in [-0.3, -0.25) is 0 Å². The van der Waals surface area contributed by atoms with Gasteiger partial charge in [0.15, 0.2) is 0 Å². The van der Waals surface area contributed by atoms with Crippen molar-refractivity contribution in [3.63, 3.8) is 0 Å². The molecule has 138 valence electrons. The summed E-state index contributed by atoms with van der Waals surface area (Å²) in [4.78, 5) is 10.9. The fraction of sp³-hybridized carbons (Fsp3) is 0.667. The van der Waals surface area contributed by atoms with Crippen LogP contribution in [0.2, 0.25) is 0 Å². The second kappa shape index (κ2) is 7.30. The molecule has 0 atom stereocenters. The van der Waals surface area contributed by atoms with Crippen LogP contribution in [0.3, 0.4) is 0 Å². The van der Waals surface area contributed by atoms with Crippen LogP contribution in [0.4, 0.5) is 17.8 Å². The molecule has 0 fully saturated rings. The number of aliphatic hydroxyl groups is 9. The van der Waals surface area contributed by atoms with Crippen LogP contribution in [0.25, 0.3) is 0 Å². The molecular weight excluding hydrogens is 336 g/mol. The summed E-state index contributed by atoms with van der Waals surface area (Å²) < 4.78 is 0. The summed E-state index contributed by atoms with van der Waals surface area (Å²) >= 11 is 0. The van der Waals surface area contributed by atoms with Crippen molar-refractivity contribution >= 4 is 17.8 Å². The Kier molecular flexibility index (Phi) is 6.11. The van der Waals surface area contributed by atoms with E-state index in [4.69, 9.17) is 46.0 Å². The first-order chi connectivity index (χ1) is 10.7. The molecule has 15 heteroatoms. The molecule has 1 aromatic heterocycles. The minimum atomic E-state index is -3.08. The fourth-order valence-electron chi connectivity index (χ4n) is 1.21. The zero-order valence-corrected chi connectivity index (χ0v) is 12.0. The lowest BCUT2D eigenvalue weighted by atomic mass is 10.5. The number of nitrogens with one attached hydrogen (secondary N) is 3. The van der Waals surface area contributed by atoms with E-state index < -0.39 is 37.6 Å². The van der Waals surface area contributed by atoms with E-state index in [0.29, 0.717) is 0 Å². The van der Waals surface area contributed by atoms with Crippen molar-refractivity contribution in [2.24, 2.45) is 0 Å². The van der Waals surface area contributed by atoms with E-state index in [-0.39, 0.29) is 17.8 Å². The van der Waals surface area contributed by atoms with Crippen molar-refractivity contribution in [3.8, 4) is 0 Å². The summed E-state index contributed by atoms with van der Waals surface area (Å²) in [5, 5.41) is 85.6. The Morgan fingerprint density at radius 3 is 0.875 bits per heavy atom. The Hall–Kier alpha value is -1.95. The zero-order chi connectivity index (χ0) is 18.6. The van der Waals surface area contributed by atoms with Crippen molar-refractivity contribution in [2.75, 3.05) is 35.6 Å². The summed E-state index contributed by atoms with van der Waals surface area (Å²) in [6.07, 6.45) is 0. The van der Waals surface area contributed by atoms with Crippen LogP contribution < -0.4 is 16.0 Å². The van der Waals surface area contributed by atoms with Crippen molar-refractivity contribution < 1.29 is 46.0 Å². The minimum Gasteiger partial charge on any atom is -0.346 e. The van der Waals surface area contributed by atoms with Gasteiger partial charge in [0.25, 0.3) is 17.9 Å². The van der Waals surface area contributed by atoms with Crippen LogP contribution in [0.1, 0.15) is 0 Å². The Balaban J connectivity index is 2.91. The largest absolute Gasteiger partial charge is 0.346 e. The topological polar surface area (TPSA) is 257 Å². The van der Waals surface area contributed by atoms with E-state index in [0.717, 1.165) is 0 Å². The van der Waals surface area contributed by atoms with Gasteiger partial charge in [-0.05, 0) is 0 Å². The van der Waals surface area contributed by atoms with Gasteiger partial charge in [-0.15, -0.1) is 0 Å². The third-order valence-corrected chi connectivity index (χ3v) is 2.09. The third-order valence-electron chi connectivity index (χ3n) is 2.09. The second-order valence-corrected chi connectivity index (χ2v) is 4.69. The summed E-state index contributed by atoms with van der Waals surface area (Å²) in [6, 6.07) is 0. The zero-order valence-electron chi connectivity index (χ0n) is 12.0. The molecule has 1 heterocycles. The highest BCUT2D eigenvalue weighted by Crippen LogP contribution is 2.11. The molecule has 0 aromatic carbocycles. The quantitative estimate of drug-likeness (QED) is 0.184. The van der Waals surface area contributed by atoms with E-state index in [2.05, 4.69) is 30.9 Å². The van der Waals surface area contributed by atoms with Crippen molar-refractivity contribution in [2.45, 2.75) is 17.9 Å². The number of aromatic nitrogens is 3. The summed E-state index contributed by atoms with van der Waals surface area (Å²) in [5.74, 6) is -10.3. The maximum Gasteiger partial charge on any atom is 0.293 e. The van der Waals surface area contributed by atoms with Crippen LogP contribution in [0.5, 0.6) is 0 Å². The predicted octanol–water partition coefficient (Wildman–Crippen LogP) is -6.00. The number of nitrogens with zero attached hydrogens (tertiary/aromatic N) is 3. The summed E-state index contributed by atoms with van der Waals surface area (Å²) in [6.45, 7) is -2.49. The first-order valence-corrected chi connectivity index (χ1v) is 6.23. The molecule has 1 aromatic rings. The third kappa shape index (κ3) is 9.25. The molecule has 0 spiro atoms. The van der Waals surface area contributed by atoms with Gasteiger partial charge in [0.1, 0.15) is 0 Å². The molecule has 12 N–H and O–H groups in total.